The Kier molecular flexibility index (Phi) is 3.70. The molecule has 7 nitrogen and oxygen atoms in total. The fourth-order valence-corrected chi connectivity index (χ4v) is 2.10. The van der Waals surface area contributed by atoms with E-state index in [0.29, 0.717) is 23.5 Å². The predicted molar refractivity (Wildman–Crippen MR) is 80.2 cm³/mol. The van der Waals surface area contributed by atoms with E-state index in [1.807, 2.05) is 19.1 Å². The number of tetrazole rings is 1. The molecule has 1 unspecified atom stereocenters. The highest BCUT2D eigenvalue weighted by Crippen LogP contribution is 2.20. The van der Waals surface area contributed by atoms with Gasteiger partial charge in [-0.1, -0.05) is 43.3 Å². The minimum Gasteiger partial charge on any atom is -0.337 e. The molecule has 0 amide bonds. The van der Waals surface area contributed by atoms with Gasteiger partial charge in [0.1, 0.15) is 6.04 Å². The summed E-state index contributed by atoms with van der Waals surface area (Å²) in [5, 5.41) is 16.4. The Labute approximate surface area is 128 Å². The van der Waals surface area contributed by atoms with Gasteiger partial charge in [-0.25, -0.2) is 0 Å². The van der Waals surface area contributed by atoms with Gasteiger partial charge in [-0.2, -0.15) is 9.78 Å². The molecule has 0 bridgehead atoms. The average molecular weight is 298 g/mol. The lowest BCUT2D eigenvalue weighted by Gasteiger charge is -2.05. The molecular weight excluding hydrogens is 280 g/mol. The van der Waals surface area contributed by atoms with Gasteiger partial charge in [-0.15, -0.1) is 10.2 Å². The molecule has 0 fully saturated rings. The Bertz CT molecular complexity index is 758. The lowest BCUT2D eigenvalue weighted by Crippen LogP contribution is -2.11. The van der Waals surface area contributed by atoms with Crippen LogP contribution in [-0.2, 0) is 0 Å². The van der Waals surface area contributed by atoms with E-state index in [-0.39, 0.29) is 6.04 Å². The Morgan fingerprint density at radius 3 is 2.41 bits per heavy atom. The second-order valence-corrected chi connectivity index (χ2v) is 5.57. The van der Waals surface area contributed by atoms with E-state index in [0.717, 1.165) is 5.56 Å². The number of aryl methyl sites for hydroxylation is 1. The van der Waals surface area contributed by atoms with Crippen LogP contribution in [0.25, 0.3) is 11.4 Å². The molecule has 0 N–H and O–H groups in total. The van der Waals surface area contributed by atoms with Crippen LogP contribution >= 0.6 is 0 Å². The number of rotatable bonds is 4. The van der Waals surface area contributed by atoms with Gasteiger partial charge >= 0.3 is 0 Å². The minimum atomic E-state index is -0.252. The summed E-state index contributed by atoms with van der Waals surface area (Å²) in [4.78, 5) is 5.68. The highest BCUT2D eigenvalue weighted by Gasteiger charge is 2.18. The van der Waals surface area contributed by atoms with Crippen molar-refractivity contribution in [3.63, 3.8) is 0 Å². The molecule has 0 spiro atoms. The van der Waals surface area contributed by atoms with Crippen LogP contribution in [0, 0.1) is 6.92 Å². The summed E-state index contributed by atoms with van der Waals surface area (Å²) in [5.74, 6) is 2.14. The van der Waals surface area contributed by atoms with Crippen molar-refractivity contribution in [2.45, 2.75) is 39.7 Å². The molecule has 1 aromatic carbocycles. The molecule has 22 heavy (non-hydrogen) atoms. The second-order valence-electron chi connectivity index (χ2n) is 5.57. The molecule has 0 aliphatic rings. The smallest absolute Gasteiger partial charge is 0.253 e. The van der Waals surface area contributed by atoms with E-state index < -0.39 is 0 Å². The molecule has 2 heterocycles. The van der Waals surface area contributed by atoms with Gasteiger partial charge in [-0.3, -0.25) is 0 Å². The molecule has 3 rings (SSSR count). The lowest BCUT2D eigenvalue weighted by atomic mass is 10.0. The van der Waals surface area contributed by atoms with E-state index in [1.165, 1.54) is 10.4 Å². The summed E-state index contributed by atoms with van der Waals surface area (Å²) >= 11 is 0. The van der Waals surface area contributed by atoms with Crippen LogP contribution in [0.2, 0.25) is 0 Å². The van der Waals surface area contributed by atoms with E-state index in [4.69, 9.17) is 4.52 Å². The van der Waals surface area contributed by atoms with Gasteiger partial charge in [0.05, 0.1) is 0 Å². The monoisotopic (exact) mass is 298 g/mol. The highest BCUT2D eigenvalue weighted by atomic mass is 16.5. The maximum atomic E-state index is 5.15. The minimum absolute atomic E-state index is 0.252. The molecule has 114 valence electrons. The Morgan fingerprint density at radius 1 is 1.09 bits per heavy atom. The molecule has 0 aliphatic heterocycles. The van der Waals surface area contributed by atoms with Crippen LogP contribution in [0.5, 0.6) is 0 Å². The van der Waals surface area contributed by atoms with Crippen molar-refractivity contribution in [1.82, 2.24) is 30.3 Å². The van der Waals surface area contributed by atoms with Crippen molar-refractivity contribution in [3.05, 3.63) is 41.5 Å². The Balaban J connectivity index is 1.84. The highest BCUT2D eigenvalue weighted by molar-refractivity contribution is 5.54. The maximum Gasteiger partial charge on any atom is 0.253 e. The molecule has 0 aliphatic carbocycles. The topological polar surface area (TPSA) is 82.5 Å². The summed E-state index contributed by atoms with van der Waals surface area (Å²) in [6.07, 6.45) is 0. The zero-order chi connectivity index (χ0) is 15.7. The molecule has 0 saturated carbocycles. The van der Waals surface area contributed by atoms with Crippen LogP contribution < -0.4 is 0 Å². The number of hydrogen-bond acceptors (Lipinski definition) is 6. The van der Waals surface area contributed by atoms with Crippen LogP contribution in [0.4, 0.5) is 0 Å². The third-order valence-electron chi connectivity index (χ3n) is 3.51. The van der Waals surface area contributed by atoms with Crippen LogP contribution in [0.15, 0.2) is 28.8 Å². The first-order chi connectivity index (χ1) is 10.5. The first-order valence-corrected chi connectivity index (χ1v) is 7.24. The van der Waals surface area contributed by atoms with E-state index in [9.17, 15) is 0 Å². The van der Waals surface area contributed by atoms with Gasteiger partial charge in [0, 0.05) is 5.56 Å². The number of nitrogens with zero attached hydrogens (tertiary/aromatic N) is 6. The number of hydrogen-bond donors (Lipinski definition) is 0. The fraction of sp³-hybridized carbons (Fsp3) is 0.400. The van der Waals surface area contributed by atoms with Gasteiger partial charge in [-0.05, 0) is 30.5 Å². The molecule has 3 aromatic rings. The summed E-state index contributed by atoms with van der Waals surface area (Å²) in [7, 11) is 0. The average Bonchev–Trinajstić information content (AvgIpc) is 3.15. The maximum absolute atomic E-state index is 5.15. The largest absolute Gasteiger partial charge is 0.337 e. The van der Waals surface area contributed by atoms with Crippen molar-refractivity contribution in [2.24, 2.45) is 0 Å². The first-order valence-electron chi connectivity index (χ1n) is 7.24. The molecule has 0 saturated heterocycles. The van der Waals surface area contributed by atoms with Crippen molar-refractivity contribution in [2.75, 3.05) is 0 Å². The molecule has 0 radical (unpaired) electrons. The van der Waals surface area contributed by atoms with Crippen molar-refractivity contribution >= 4 is 0 Å². The Morgan fingerprint density at radius 2 is 1.82 bits per heavy atom. The van der Waals surface area contributed by atoms with Crippen LogP contribution in [0.1, 0.15) is 50.0 Å². The van der Waals surface area contributed by atoms with E-state index in [2.05, 4.69) is 51.5 Å². The first kappa shape index (κ1) is 14.4. The third-order valence-corrected chi connectivity index (χ3v) is 3.51. The molecular formula is C15H18N6O. The van der Waals surface area contributed by atoms with Crippen molar-refractivity contribution in [3.8, 4) is 11.4 Å². The van der Waals surface area contributed by atoms with Gasteiger partial charge in [0.25, 0.3) is 5.89 Å². The zero-order valence-electron chi connectivity index (χ0n) is 13.1. The third kappa shape index (κ3) is 2.74. The summed E-state index contributed by atoms with van der Waals surface area (Å²) in [6, 6.07) is 7.95. The lowest BCUT2D eigenvalue weighted by molar-refractivity contribution is 0.319. The summed E-state index contributed by atoms with van der Waals surface area (Å²) in [6.45, 7) is 7.99. The van der Waals surface area contributed by atoms with Crippen molar-refractivity contribution in [1.29, 1.82) is 0 Å². The standard InChI is InChI=1S/C15H18N6O/c1-9(2)12-5-7-13(8-6-12)14-17-20-21(18-14)10(3)15-16-11(4)19-22-15/h5-10H,1-4H3. The van der Waals surface area contributed by atoms with E-state index >= 15 is 0 Å². The number of aromatic nitrogens is 6. The normalized spacial score (nSPS) is 12.8. The zero-order valence-corrected chi connectivity index (χ0v) is 13.1. The fourth-order valence-electron chi connectivity index (χ4n) is 2.10. The summed E-state index contributed by atoms with van der Waals surface area (Å²) in [5.41, 5.74) is 2.22. The quantitative estimate of drug-likeness (QED) is 0.736. The molecule has 1 atom stereocenters. The predicted octanol–water partition coefficient (Wildman–Crippen LogP) is 2.76. The van der Waals surface area contributed by atoms with Gasteiger partial charge in [0.15, 0.2) is 5.82 Å². The molecule has 2 aromatic heterocycles. The Hall–Kier alpha value is -2.57. The van der Waals surface area contributed by atoms with Gasteiger partial charge in [0.2, 0.25) is 5.82 Å². The van der Waals surface area contributed by atoms with Gasteiger partial charge < -0.3 is 4.52 Å². The second kappa shape index (κ2) is 5.67. The van der Waals surface area contributed by atoms with Crippen molar-refractivity contribution < 1.29 is 4.52 Å². The van der Waals surface area contributed by atoms with Crippen LogP contribution in [0.3, 0.4) is 0 Å². The summed E-state index contributed by atoms with van der Waals surface area (Å²) < 4.78 is 5.15. The SMILES string of the molecule is Cc1noc(C(C)n2nnc(-c3ccc(C(C)C)cc3)n2)n1. The number of benzene rings is 1. The van der Waals surface area contributed by atoms with Crippen LogP contribution in [-0.4, -0.2) is 30.3 Å². The molecule has 7 heteroatoms. The van der Waals surface area contributed by atoms with E-state index in [1.54, 1.807) is 6.92 Å².